The van der Waals surface area contributed by atoms with Crippen molar-refractivity contribution in [3.05, 3.63) is 65.7 Å². The molecule has 1 aromatic carbocycles. The Morgan fingerprint density at radius 2 is 1.88 bits per heavy atom. The molecular weight excluding hydrogens is 345 g/mol. The number of sulfonamides is 1. The molecule has 6 nitrogen and oxygen atoms in total. The first-order chi connectivity index (χ1) is 11.9. The molecule has 8 heteroatoms. The topological polar surface area (TPSA) is 79.4 Å². The average molecular weight is 365 g/mol. The van der Waals surface area contributed by atoms with Crippen molar-refractivity contribution in [1.29, 1.82) is 0 Å². The maximum Gasteiger partial charge on any atom is 0.235 e. The number of nitrogens with zero attached hydrogens (tertiary/aromatic N) is 2. The number of amides is 1. The number of pyridine rings is 1. The molecule has 25 heavy (non-hydrogen) atoms. The lowest BCUT2D eigenvalue weighted by molar-refractivity contribution is -0.121. The number of carbonyl (C=O) groups excluding carboxylic acids is 1. The van der Waals surface area contributed by atoms with Gasteiger partial charge in [-0.05, 0) is 35.7 Å². The Kier molecular flexibility index (Phi) is 6.60. The molecule has 0 unspecified atom stereocenters. The molecule has 1 aromatic heterocycles. The van der Waals surface area contributed by atoms with Crippen molar-refractivity contribution in [2.24, 2.45) is 0 Å². The molecule has 0 aliphatic carbocycles. The van der Waals surface area contributed by atoms with E-state index in [9.17, 15) is 17.6 Å². The van der Waals surface area contributed by atoms with Crippen LogP contribution in [0.4, 0.5) is 4.39 Å². The maximum absolute atomic E-state index is 13.5. The van der Waals surface area contributed by atoms with E-state index in [0.717, 1.165) is 16.1 Å². The van der Waals surface area contributed by atoms with Gasteiger partial charge in [0.15, 0.2) is 0 Å². The van der Waals surface area contributed by atoms with E-state index in [1.165, 1.54) is 6.07 Å². The molecule has 2 aromatic rings. The molecule has 1 N–H and O–H groups in total. The van der Waals surface area contributed by atoms with Crippen LogP contribution >= 0.6 is 0 Å². The highest BCUT2D eigenvalue weighted by atomic mass is 32.2. The second-order valence-corrected chi connectivity index (χ2v) is 7.56. The van der Waals surface area contributed by atoms with Crippen molar-refractivity contribution in [2.75, 3.05) is 19.3 Å². The van der Waals surface area contributed by atoms with Crippen molar-refractivity contribution in [1.82, 2.24) is 14.6 Å². The number of halogens is 1. The molecule has 0 bridgehead atoms. The summed E-state index contributed by atoms with van der Waals surface area (Å²) >= 11 is 0. The first-order valence-electron chi connectivity index (χ1n) is 7.70. The first-order valence-corrected chi connectivity index (χ1v) is 9.55. The molecule has 1 heterocycles. The van der Waals surface area contributed by atoms with Crippen molar-refractivity contribution in [2.45, 2.75) is 13.0 Å². The summed E-state index contributed by atoms with van der Waals surface area (Å²) in [6.07, 6.45) is 4.51. The molecule has 0 atom stereocenters. The van der Waals surface area contributed by atoms with Crippen LogP contribution in [-0.4, -0.2) is 43.0 Å². The number of rotatable bonds is 8. The SMILES string of the molecule is CS(=O)(=O)N(CC(=O)NCCc1ccccc1F)Cc1ccncc1. The molecule has 2 rings (SSSR count). The Morgan fingerprint density at radius 3 is 2.52 bits per heavy atom. The summed E-state index contributed by atoms with van der Waals surface area (Å²) in [5, 5.41) is 2.62. The fourth-order valence-corrected chi connectivity index (χ4v) is 2.97. The minimum atomic E-state index is -3.55. The van der Waals surface area contributed by atoms with Gasteiger partial charge in [0, 0.05) is 25.5 Å². The van der Waals surface area contributed by atoms with Crippen LogP contribution in [0.5, 0.6) is 0 Å². The van der Waals surface area contributed by atoms with Crippen LogP contribution < -0.4 is 5.32 Å². The predicted molar refractivity (Wildman–Crippen MR) is 92.6 cm³/mol. The van der Waals surface area contributed by atoms with E-state index in [4.69, 9.17) is 0 Å². The number of hydrogen-bond donors (Lipinski definition) is 1. The largest absolute Gasteiger partial charge is 0.355 e. The third kappa shape index (κ3) is 6.24. The summed E-state index contributed by atoms with van der Waals surface area (Å²) in [5.41, 5.74) is 1.24. The van der Waals surface area contributed by atoms with Gasteiger partial charge in [-0.1, -0.05) is 18.2 Å². The summed E-state index contributed by atoms with van der Waals surface area (Å²) < 4.78 is 38.4. The zero-order chi connectivity index (χ0) is 18.3. The van der Waals surface area contributed by atoms with Gasteiger partial charge in [0.25, 0.3) is 0 Å². The van der Waals surface area contributed by atoms with Gasteiger partial charge in [-0.15, -0.1) is 0 Å². The quantitative estimate of drug-likeness (QED) is 0.766. The van der Waals surface area contributed by atoms with Crippen LogP contribution in [0.25, 0.3) is 0 Å². The minimum Gasteiger partial charge on any atom is -0.355 e. The predicted octanol–water partition coefficient (Wildman–Crippen LogP) is 1.34. The van der Waals surface area contributed by atoms with Crippen LogP contribution in [0.3, 0.4) is 0 Å². The molecule has 0 aliphatic heterocycles. The number of carbonyl (C=O) groups is 1. The summed E-state index contributed by atoms with van der Waals surface area (Å²) in [6, 6.07) is 9.70. The summed E-state index contributed by atoms with van der Waals surface area (Å²) in [7, 11) is -3.55. The first kappa shape index (κ1) is 19.0. The minimum absolute atomic E-state index is 0.0854. The molecule has 0 spiro atoms. The number of aromatic nitrogens is 1. The maximum atomic E-state index is 13.5. The van der Waals surface area contributed by atoms with Crippen LogP contribution in [0, 0.1) is 5.82 Å². The summed E-state index contributed by atoms with van der Waals surface area (Å²) in [6.45, 7) is 0.0210. The second-order valence-electron chi connectivity index (χ2n) is 5.58. The third-order valence-corrected chi connectivity index (χ3v) is 4.77. The molecular formula is C17H20FN3O3S. The van der Waals surface area contributed by atoms with Crippen molar-refractivity contribution in [3.8, 4) is 0 Å². The van der Waals surface area contributed by atoms with E-state index in [0.29, 0.717) is 12.0 Å². The van der Waals surface area contributed by atoms with Gasteiger partial charge in [-0.25, -0.2) is 12.8 Å². The highest BCUT2D eigenvalue weighted by Gasteiger charge is 2.20. The molecule has 1 amide bonds. The third-order valence-electron chi connectivity index (χ3n) is 3.57. The van der Waals surface area contributed by atoms with Gasteiger partial charge >= 0.3 is 0 Å². The van der Waals surface area contributed by atoms with E-state index in [2.05, 4.69) is 10.3 Å². The highest BCUT2D eigenvalue weighted by molar-refractivity contribution is 7.88. The Bertz CT molecular complexity index is 813. The van der Waals surface area contributed by atoms with E-state index >= 15 is 0 Å². The van der Waals surface area contributed by atoms with Gasteiger partial charge in [0.1, 0.15) is 5.82 Å². The molecule has 0 saturated carbocycles. The number of hydrogen-bond acceptors (Lipinski definition) is 4. The molecule has 0 saturated heterocycles. The summed E-state index contributed by atoms with van der Waals surface area (Å²) in [5.74, 6) is -0.761. The standard InChI is InChI=1S/C17H20FN3O3S/c1-25(23,24)21(12-14-6-9-19-10-7-14)13-17(22)20-11-8-15-4-2-3-5-16(15)18/h2-7,9-10H,8,11-13H2,1H3,(H,20,22). The lowest BCUT2D eigenvalue weighted by atomic mass is 10.1. The number of nitrogens with one attached hydrogen (secondary N) is 1. The van der Waals surface area contributed by atoms with E-state index in [1.807, 2.05) is 0 Å². The lowest BCUT2D eigenvalue weighted by Gasteiger charge is -2.19. The Balaban J connectivity index is 1.90. The second kappa shape index (κ2) is 8.68. The van der Waals surface area contributed by atoms with Crippen LogP contribution in [0.2, 0.25) is 0 Å². The van der Waals surface area contributed by atoms with Crippen molar-refractivity contribution >= 4 is 15.9 Å². The van der Waals surface area contributed by atoms with Gasteiger partial charge in [0.2, 0.25) is 15.9 Å². The van der Waals surface area contributed by atoms with Gasteiger partial charge in [0.05, 0.1) is 12.8 Å². The highest BCUT2D eigenvalue weighted by Crippen LogP contribution is 2.08. The van der Waals surface area contributed by atoms with Crippen molar-refractivity contribution in [3.63, 3.8) is 0 Å². The Hall–Kier alpha value is -2.32. The number of benzene rings is 1. The fraction of sp³-hybridized carbons (Fsp3) is 0.294. The molecule has 134 valence electrons. The average Bonchev–Trinajstić information content (AvgIpc) is 2.56. The zero-order valence-electron chi connectivity index (χ0n) is 13.9. The smallest absolute Gasteiger partial charge is 0.235 e. The normalized spacial score (nSPS) is 11.5. The van der Waals surface area contributed by atoms with Crippen molar-refractivity contribution < 1.29 is 17.6 Å². The Labute approximate surface area is 146 Å². The van der Waals surface area contributed by atoms with E-state index in [1.54, 1.807) is 42.7 Å². The zero-order valence-corrected chi connectivity index (χ0v) is 14.7. The molecule has 0 radical (unpaired) electrons. The Morgan fingerprint density at radius 1 is 1.20 bits per heavy atom. The molecule has 0 fully saturated rings. The van der Waals surface area contributed by atoms with Gasteiger partial charge in [-0.2, -0.15) is 4.31 Å². The monoisotopic (exact) mass is 365 g/mol. The lowest BCUT2D eigenvalue weighted by Crippen LogP contribution is -2.40. The van der Waals surface area contributed by atoms with Crippen LogP contribution in [-0.2, 0) is 27.8 Å². The molecule has 0 aliphatic rings. The van der Waals surface area contributed by atoms with Gasteiger partial charge in [-0.3, -0.25) is 9.78 Å². The van der Waals surface area contributed by atoms with E-state index in [-0.39, 0.29) is 25.5 Å². The van der Waals surface area contributed by atoms with Crippen LogP contribution in [0.1, 0.15) is 11.1 Å². The van der Waals surface area contributed by atoms with E-state index < -0.39 is 15.9 Å². The van der Waals surface area contributed by atoms with Crippen LogP contribution in [0.15, 0.2) is 48.8 Å². The summed E-state index contributed by atoms with van der Waals surface area (Å²) in [4.78, 5) is 15.9. The van der Waals surface area contributed by atoms with Gasteiger partial charge < -0.3 is 5.32 Å². The fourth-order valence-electron chi connectivity index (χ4n) is 2.24.